The lowest BCUT2D eigenvalue weighted by Gasteiger charge is -2.28. The third-order valence-electron chi connectivity index (χ3n) is 4.63. The van der Waals surface area contributed by atoms with Gasteiger partial charge in [-0.3, -0.25) is 4.79 Å². The molecular formula is C19H17N5O5S. The van der Waals surface area contributed by atoms with E-state index in [0.29, 0.717) is 21.9 Å². The maximum atomic E-state index is 13.5. The minimum atomic E-state index is -0.856. The minimum Gasteiger partial charge on any atom is -0.497 e. The Morgan fingerprint density at radius 1 is 1.17 bits per heavy atom. The number of ether oxygens (including phenoxy) is 3. The predicted molar refractivity (Wildman–Crippen MR) is 107 cm³/mol. The first-order valence-electron chi connectivity index (χ1n) is 8.76. The van der Waals surface area contributed by atoms with E-state index in [1.54, 1.807) is 35.7 Å². The van der Waals surface area contributed by atoms with Crippen molar-refractivity contribution in [1.29, 1.82) is 0 Å². The van der Waals surface area contributed by atoms with Crippen LogP contribution in [-0.4, -0.2) is 53.3 Å². The molecule has 11 heteroatoms. The molecule has 0 saturated heterocycles. The van der Waals surface area contributed by atoms with Crippen LogP contribution in [0.3, 0.4) is 0 Å². The first kappa shape index (κ1) is 19.6. The zero-order valence-electron chi connectivity index (χ0n) is 16.3. The van der Waals surface area contributed by atoms with E-state index in [9.17, 15) is 9.59 Å². The number of hydrogen-bond donors (Lipinski definition) is 1. The summed E-state index contributed by atoms with van der Waals surface area (Å²) in [5, 5.41) is 16.3. The maximum Gasteiger partial charge on any atom is 0.355 e. The summed E-state index contributed by atoms with van der Waals surface area (Å²) < 4.78 is 17.2. The van der Waals surface area contributed by atoms with Crippen molar-refractivity contribution in [3.05, 3.63) is 57.4 Å². The number of aromatic nitrogens is 4. The number of nitrogens with zero attached hydrogens (tertiary/aromatic N) is 4. The molecule has 3 aromatic rings. The van der Waals surface area contributed by atoms with Gasteiger partial charge in [0.05, 0.1) is 31.8 Å². The van der Waals surface area contributed by atoms with Crippen molar-refractivity contribution in [2.24, 2.45) is 0 Å². The summed E-state index contributed by atoms with van der Waals surface area (Å²) in [5.74, 6) is 0.143. The van der Waals surface area contributed by atoms with Gasteiger partial charge in [0.2, 0.25) is 11.7 Å². The highest BCUT2D eigenvalue weighted by Crippen LogP contribution is 2.41. The van der Waals surface area contributed by atoms with Gasteiger partial charge < -0.3 is 19.5 Å². The molecule has 1 N–H and O–H groups in total. The molecule has 0 spiro atoms. The Balaban J connectivity index is 2.01. The monoisotopic (exact) mass is 427 g/mol. The quantitative estimate of drug-likeness (QED) is 0.466. The summed E-state index contributed by atoms with van der Waals surface area (Å²) >= 11 is 1.26. The number of anilines is 1. The Bertz CT molecular complexity index is 1140. The van der Waals surface area contributed by atoms with Crippen LogP contribution in [0.5, 0.6) is 11.5 Å². The molecule has 1 aromatic carbocycles. The Morgan fingerprint density at radius 3 is 2.67 bits per heavy atom. The van der Waals surface area contributed by atoms with Crippen LogP contribution in [0.2, 0.25) is 0 Å². The molecular weight excluding hydrogens is 410 g/mol. The lowest BCUT2D eigenvalue weighted by molar-refractivity contribution is -0.136. The van der Waals surface area contributed by atoms with E-state index in [4.69, 9.17) is 14.2 Å². The molecule has 1 aliphatic heterocycles. The number of carbonyl (C=O) groups excluding carboxylic acids is 2. The Hall–Kier alpha value is -3.73. The van der Waals surface area contributed by atoms with Gasteiger partial charge in [-0.25, -0.2) is 4.79 Å². The second-order valence-corrected chi connectivity index (χ2v) is 7.12. The molecule has 1 aliphatic rings. The summed E-state index contributed by atoms with van der Waals surface area (Å²) in [6.45, 7) is 0. The van der Waals surface area contributed by atoms with Crippen LogP contribution in [0.15, 0.2) is 47.0 Å². The van der Waals surface area contributed by atoms with Gasteiger partial charge in [0.15, 0.2) is 0 Å². The van der Waals surface area contributed by atoms with Crippen molar-refractivity contribution in [2.75, 3.05) is 26.6 Å². The molecule has 4 rings (SSSR count). The van der Waals surface area contributed by atoms with Gasteiger partial charge in [0.25, 0.3) is 0 Å². The molecule has 3 heterocycles. The fraction of sp³-hybridized carbons (Fsp3) is 0.211. The van der Waals surface area contributed by atoms with Gasteiger partial charge in [0.1, 0.15) is 23.2 Å². The summed E-state index contributed by atoms with van der Waals surface area (Å²) in [6.07, 6.45) is 0. The average molecular weight is 427 g/mol. The van der Waals surface area contributed by atoms with Gasteiger partial charge in [-0.1, -0.05) is 11.2 Å². The van der Waals surface area contributed by atoms with Crippen molar-refractivity contribution in [2.45, 2.75) is 6.04 Å². The zero-order valence-corrected chi connectivity index (χ0v) is 17.1. The van der Waals surface area contributed by atoms with Gasteiger partial charge in [-0.05, 0) is 40.1 Å². The molecule has 0 aliphatic carbocycles. The fourth-order valence-electron chi connectivity index (χ4n) is 3.27. The molecule has 0 fully saturated rings. The van der Waals surface area contributed by atoms with E-state index in [2.05, 4.69) is 20.8 Å². The number of fused-ring (bicyclic) bond motifs is 1. The SMILES string of the molecule is COC(=O)C1=C(C(=O)c2cccs2)[C@H](c2cc(OC)ccc2OC)n2nnnc2N1. The first-order chi connectivity index (χ1) is 14.6. The van der Waals surface area contributed by atoms with Crippen LogP contribution < -0.4 is 14.8 Å². The Labute approximate surface area is 175 Å². The van der Waals surface area contributed by atoms with Crippen molar-refractivity contribution >= 4 is 29.0 Å². The second-order valence-electron chi connectivity index (χ2n) is 6.17. The highest BCUT2D eigenvalue weighted by atomic mass is 32.1. The Kier molecular flexibility index (Phi) is 5.19. The number of rotatable bonds is 6. The van der Waals surface area contributed by atoms with E-state index in [1.165, 1.54) is 37.3 Å². The maximum absolute atomic E-state index is 13.5. The smallest absolute Gasteiger partial charge is 0.355 e. The highest BCUT2D eigenvalue weighted by molar-refractivity contribution is 7.12. The van der Waals surface area contributed by atoms with Crippen LogP contribution in [-0.2, 0) is 9.53 Å². The molecule has 0 saturated carbocycles. The van der Waals surface area contributed by atoms with Gasteiger partial charge in [0, 0.05) is 5.56 Å². The highest BCUT2D eigenvalue weighted by Gasteiger charge is 2.40. The molecule has 154 valence electrons. The number of tetrazole rings is 1. The van der Waals surface area contributed by atoms with Gasteiger partial charge >= 0.3 is 5.97 Å². The summed E-state index contributed by atoms with van der Waals surface area (Å²) in [5.41, 5.74) is 0.650. The lowest BCUT2D eigenvalue weighted by Crippen LogP contribution is -2.33. The van der Waals surface area contributed by atoms with E-state index in [1.807, 2.05) is 0 Å². The van der Waals surface area contributed by atoms with Crippen molar-refractivity contribution < 1.29 is 23.8 Å². The number of nitrogens with one attached hydrogen (secondary N) is 1. The topological polar surface area (TPSA) is 117 Å². The molecule has 0 bridgehead atoms. The minimum absolute atomic E-state index is 0.0342. The van der Waals surface area contributed by atoms with Gasteiger partial charge in [-0.2, -0.15) is 4.68 Å². The normalized spacial score (nSPS) is 15.2. The van der Waals surface area contributed by atoms with E-state index >= 15 is 0 Å². The number of ketones is 1. The van der Waals surface area contributed by atoms with Crippen molar-refractivity contribution in [1.82, 2.24) is 20.2 Å². The van der Waals surface area contributed by atoms with Crippen LogP contribution >= 0.6 is 11.3 Å². The summed E-state index contributed by atoms with van der Waals surface area (Å²) in [6, 6.07) is 7.75. The number of carbonyl (C=O) groups is 2. The fourth-order valence-corrected chi connectivity index (χ4v) is 3.95. The summed E-state index contributed by atoms with van der Waals surface area (Å²) in [7, 11) is 4.28. The molecule has 2 aromatic heterocycles. The van der Waals surface area contributed by atoms with Crippen LogP contribution in [0.1, 0.15) is 21.3 Å². The second kappa shape index (κ2) is 7.95. The molecule has 0 unspecified atom stereocenters. The standard InChI is InChI=1S/C19H17N5O5S/c1-27-10-6-7-12(28-2)11(9-10)16-14(17(25)13-5-4-8-30-13)15(18(26)29-3)20-19-21-22-23-24(16)19/h4-9,16H,1-3H3,(H,20,21,23)/t16-/m0/s1. The molecule has 30 heavy (non-hydrogen) atoms. The summed E-state index contributed by atoms with van der Waals surface area (Å²) in [4.78, 5) is 26.6. The number of benzene rings is 1. The number of esters is 1. The van der Waals surface area contributed by atoms with Crippen LogP contribution in [0.4, 0.5) is 5.95 Å². The van der Waals surface area contributed by atoms with Crippen molar-refractivity contribution in [3.8, 4) is 11.5 Å². The predicted octanol–water partition coefficient (Wildman–Crippen LogP) is 2.08. The van der Waals surface area contributed by atoms with E-state index < -0.39 is 12.0 Å². The molecule has 0 amide bonds. The van der Waals surface area contributed by atoms with E-state index in [0.717, 1.165) is 0 Å². The molecule has 0 radical (unpaired) electrons. The lowest BCUT2D eigenvalue weighted by atomic mass is 9.91. The molecule has 10 nitrogen and oxygen atoms in total. The number of methoxy groups -OCH3 is 3. The largest absolute Gasteiger partial charge is 0.497 e. The van der Waals surface area contributed by atoms with Crippen molar-refractivity contribution in [3.63, 3.8) is 0 Å². The van der Waals surface area contributed by atoms with Crippen LogP contribution in [0.25, 0.3) is 0 Å². The first-order valence-corrected chi connectivity index (χ1v) is 9.64. The van der Waals surface area contributed by atoms with Gasteiger partial charge in [-0.15, -0.1) is 11.3 Å². The third-order valence-corrected chi connectivity index (χ3v) is 5.50. The zero-order chi connectivity index (χ0) is 21.3. The third kappa shape index (κ3) is 3.18. The number of Topliss-reactive ketones (excluding diaryl/α,β-unsaturated/α-hetero) is 1. The van der Waals surface area contributed by atoms with E-state index in [-0.39, 0.29) is 23.0 Å². The molecule has 1 atom stereocenters. The van der Waals surface area contributed by atoms with Crippen LogP contribution in [0, 0.1) is 0 Å². The number of allylic oxidation sites excluding steroid dienone is 1. The number of hydrogen-bond acceptors (Lipinski definition) is 10. The number of thiophene rings is 1. The Morgan fingerprint density at radius 2 is 2.00 bits per heavy atom. The average Bonchev–Trinajstić information content (AvgIpc) is 3.48.